The summed E-state index contributed by atoms with van der Waals surface area (Å²) in [5, 5.41) is 13.3. The van der Waals surface area contributed by atoms with Crippen molar-refractivity contribution in [2.75, 3.05) is 0 Å². The van der Waals surface area contributed by atoms with E-state index in [1.807, 2.05) is 36.4 Å². The second-order valence-corrected chi connectivity index (χ2v) is 19.1. The molecule has 0 bridgehead atoms. The molecule has 11 heteroatoms. The Morgan fingerprint density at radius 3 is 1.49 bits per heavy atom. The van der Waals surface area contributed by atoms with Crippen molar-refractivity contribution in [3.05, 3.63) is 131 Å². The molecule has 0 N–H and O–H groups in total. The molecule has 0 saturated heterocycles. The Morgan fingerprint density at radius 1 is 0.718 bits per heavy atom. The Labute approximate surface area is 234 Å². The zero-order valence-electron chi connectivity index (χ0n) is 20.2. The number of nitro benzene ring substituents is 1. The van der Waals surface area contributed by atoms with Crippen molar-refractivity contribution in [1.82, 2.24) is 0 Å². The summed E-state index contributed by atoms with van der Waals surface area (Å²) in [5.41, 5.74) is -0.178. The van der Waals surface area contributed by atoms with Crippen LogP contribution in [0.25, 0.3) is 0 Å². The molecule has 39 heavy (non-hydrogen) atoms. The molecule has 0 aromatic heterocycles. The molecule has 0 aliphatic rings. The normalized spacial score (nSPS) is 11.3. The fraction of sp³-hybridized carbons (Fsp3) is 0.0357. The van der Waals surface area contributed by atoms with E-state index in [2.05, 4.69) is 0 Å². The van der Waals surface area contributed by atoms with Gasteiger partial charge in [0.2, 0.25) is 0 Å². The fourth-order valence-electron chi connectivity index (χ4n) is 4.30. The van der Waals surface area contributed by atoms with Gasteiger partial charge in [0.1, 0.15) is 0 Å². The van der Waals surface area contributed by atoms with E-state index in [1.54, 1.807) is 54.6 Å². The molecular formula is C28H19F3HgNO5P. The quantitative estimate of drug-likeness (QED) is 0.0836. The minimum atomic E-state index is -5.21. The monoisotopic (exact) mass is 739 g/mol. The van der Waals surface area contributed by atoms with Crippen molar-refractivity contribution in [3.63, 3.8) is 0 Å². The van der Waals surface area contributed by atoms with Gasteiger partial charge in [0.05, 0.1) is 0 Å². The van der Waals surface area contributed by atoms with Crippen LogP contribution < -0.4 is 15.9 Å². The number of ketones is 1. The van der Waals surface area contributed by atoms with Gasteiger partial charge in [0, 0.05) is 0 Å². The number of hydrogen-bond donors (Lipinski definition) is 0. The van der Waals surface area contributed by atoms with E-state index in [0.29, 0.717) is 15.9 Å². The molecule has 0 spiro atoms. The van der Waals surface area contributed by atoms with Crippen LogP contribution in [-0.4, -0.2) is 25.7 Å². The third kappa shape index (κ3) is 6.05. The van der Waals surface area contributed by atoms with Gasteiger partial charge in [-0.2, -0.15) is 0 Å². The van der Waals surface area contributed by atoms with E-state index in [1.165, 1.54) is 12.1 Å². The van der Waals surface area contributed by atoms with E-state index in [4.69, 9.17) is 2.64 Å². The van der Waals surface area contributed by atoms with E-state index in [-0.39, 0.29) is 14.1 Å². The van der Waals surface area contributed by atoms with E-state index in [0.717, 1.165) is 12.1 Å². The molecule has 0 aliphatic carbocycles. The number of Topliss-reactive ketones (excluding diaryl/α,β-unsaturated/α-hetero) is 1. The van der Waals surface area contributed by atoms with Crippen LogP contribution in [0, 0.1) is 10.1 Å². The summed E-state index contributed by atoms with van der Waals surface area (Å²) in [7, 11) is 0. The molecule has 0 amide bonds. The third-order valence-corrected chi connectivity index (χ3v) is 20.8. The SMILES string of the molecule is O=C([C]([Hg][O]C(=O)C(F)(F)F)=P(c1ccccc1)(c1ccccc1)c1ccccc1)c1ccc([N+](=O)[O-])cc1. The zero-order valence-corrected chi connectivity index (χ0v) is 26.6. The molecule has 6 nitrogen and oxygen atoms in total. The molecule has 0 unspecified atom stereocenters. The summed E-state index contributed by atoms with van der Waals surface area (Å²) in [4.78, 5) is 36.7. The first-order chi connectivity index (χ1) is 18.7. The molecule has 0 heterocycles. The van der Waals surface area contributed by atoms with Crippen LogP contribution in [0.2, 0.25) is 0 Å². The summed E-state index contributed by atoms with van der Waals surface area (Å²) in [6.45, 7) is -3.14. The predicted octanol–water partition coefficient (Wildman–Crippen LogP) is 5.00. The Bertz CT molecular complexity index is 1440. The molecule has 0 radical (unpaired) electrons. The summed E-state index contributed by atoms with van der Waals surface area (Å²) >= 11 is -3.66. The number of rotatable bonds is 8. The van der Waals surface area contributed by atoms with Gasteiger partial charge < -0.3 is 0 Å². The molecule has 0 aliphatic heterocycles. The van der Waals surface area contributed by atoms with Gasteiger partial charge in [-0.15, -0.1) is 0 Å². The van der Waals surface area contributed by atoms with Crippen molar-refractivity contribution in [3.8, 4) is 0 Å². The number of benzene rings is 4. The van der Waals surface area contributed by atoms with E-state index in [9.17, 15) is 32.9 Å². The van der Waals surface area contributed by atoms with Gasteiger partial charge in [-0.25, -0.2) is 0 Å². The van der Waals surface area contributed by atoms with Crippen LogP contribution in [0.4, 0.5) is 18.9 Å². The van der Waals surface area contributed by atoms with Crippen LogP contribution in [0.1, 0.15) is 10.4 Å². The summed E-state index contributed by atoms with van der Waals surface area (Å²) < 4.78 is 44.8. The number of nitrogens with zero attached hydrogens (tertiary/aromatic N) is 1. The van der Waals surface area contributed by atoms with Crippen LogP contribution in [0.3, 0.4) is 0 Å². The first-order valence-corrected chi connectivity index (χ1v) is 18.4. The molecule has 4 aromatic carbocycles. The van der Waals surface area contributed by atoms with Gasteiger partial charge in [0.25, 0.3) is 0 Å². The molecule has 0 saturated carbocycles. The number of carbonyl (C=O) groups excluding carboxylic acids is 2. The summed E-state index contributed by atoms with van der Waals surface area (Å²) in [6.07, 6.45) is -5.21. The van der Waals surface area contributed by atoms with Gasteiger partial charge in [-0.1, -0.05) is 0 Å². The average molecular weight is 738 g/mol. The first kappa shape index (κ1) is 28.5. The summed E-state index contributed by atoms with van der Waals surface area (Å²) in [5.74, 6) is -2.92. The van der Waals surface area contributed by atoms with Crippen molar-refractivity contribution >= 4 is 43.0 Å². The Hall–Kier alpha value is -3.55. The van der Waals surface area contributed by atoms with E-state index < -0.39 is 54.8 Å². The second-order valence-electron chi connectivity index (χ2n) is 8.33. The predicted molar refractivity (Wildman–Crippen MR) is 140 cm³/mol. The number of halogens is 3. The minimum absolute atomic E-state index is 0.0610. The number of nitro groups is 1. The summed E-state index contributed by atoms with van der Waals surface area (Å²) in [6, 6.07) is 31.8. The van der Waals surface area contributed by atoms with Gasteiger partial charge in [0.15, 0.2) is 0 Å². The number of non-ortho nitro benzene ring substituents is 1. The first-order valence-electron chi connectivity index (χ1n) is 11.6. The van der Waals surface area contributed by atoms with Crippen molar-refractivity contribution in [2.45, 2.75) is 6.18 Å². The molecule has 0 atom stereocenters. The van der Waals surface area contributed by atoms with Crippen LogP contribution >= 0.6 is 6.89 Å². The second kappa shape index (κ2) is 12.1. The molecular weight excluding hydrogens is 719 g/mol. The molecule has 194 valence electrons. The standard InChI is InChI=1S/C26H19NO3P.C2HF3O2.Hg/c28-26(21-16-18-22(19-17-21)27(29)30)20-31(23-10-4-1-5-11-23,24-12-6-2-7-13-24)25-14-8-3-9-15-25;3-2(4,5)1(6)7;/h1-19H;(H,6,7);/q;;+1/p-1. The van der Waals surface area contributed by atoms with Crippen molar-refractivity contribution in [2.24, 2.45) is 0 Å². The Morgan fingerprint density at radius 2 is 1.13 bits per heavy atom. The fourth-order valence-corrected chi connectivity index (χ4v) is 20.8. The zero-order chi connectivity index (χ0) is 28.0. The molecule has 4 rings (SSSR count). The number of hydrogen-bond acceptors (Lipinski definition) is 5. The number of alkyl halides is 3. The maximum absolute atomic E-state index is 14.3. The van der Waals surface area contributed by atoms with Gasteiger partial charge >= 0.3 is 236 Å². The Kier molecular flexibility index (Phi) is 8.82. The van der Waals surface area contributed by atoms with Crippen LogP contribution in [0.15, 0.2) is 115 Å². The topological polar surface area (TPSA) is 86.5 Å². The van der Waals surface area contributed by atoms with Crippen LogP contribution in [-0.2, 0) is 32.5 Å². The van der Waals surface area contributed by atoms with Gasteiger partial charge in [-0.3, -0.25) is 0 Å². The molecule has 4 aromatic rings. The third-order valence-electron chi connectivity index (χ3n) is 6.01. The Balaban J connectivity index is 2.13. The maximum atomic E-state index is 14.3. The van der Waals surface area contributed by atoms with Crippen LogP contribution in [0.5, 0.6) is 0 Å². The number of carbonyl (C=O) groups is 2. The van der Waals surface area contributed by atoms with E-state index >= 15 is 0 Å². The molecule has 0 fully saturated rings. The van der Waals surface area contributed by atoms with Crippen molar-refractivity contribution < 1.29 is 55.4 Å². The van der Waals surface area contributed by atoms with Crippen molar-refractivity contribution in [1.29, 1.82) is 0 Å². The van der Waals surface area contributed by atoms with Gasteiger partial charge in [-0.05, 0) is 0 Å². The average Bonchev–Trinajstić information content (AvgIpc) is 2.96.